The zero-order valence-electron chi connectivity index (χ0n) is 10.5. The van der Waals surface area contributed by atoms with E-state index >= 15 is 0 Å². The Labute approximate surface area is 108 Å². The molecule has 0 aliphatic carbocycles. The van der Waals surface area contributed by atoms with Crippen LogP contribution in [0.3, 0.4) is 0 Å². The van der Waals surface area contributed by atoms with Gasteiger partial charge >= 0.3 is 0 Å². The van der Waals surface area contributed by atoms with Gasteiger partial charge in [0.25, 0.3) is 0 Å². The maximum atomic E-state index is 12.4. The standard InChI is InChI=1S/C12H18N2O3S/c1-9-7-14(8-10(2)17-9)18(15,16)12-5-3-11(13)4-6-12/h3-6,9-10H,7-8,13H2,1-2H3/t9-,10-/m0/s1. The zero-order chi connectivity index (χ0) is 13.3. The average molecular weight is 270 g/mol. The highest BCUT2D eigenvalue weighted by Crippen LogP contribution is 2.21. The molecule has 18 heavy (non-hydrogen) atoms. The molecule has 1 aliphatic heterocycles. The van der Waals surface area contributed by atoms with Crippen LogP contribution in [0, 0.1) is 0 Å². The van der Waals surface area contributed by atoms with Gasteiger partial charge in [-0.15, -0.1) is 0 Å². The third-order valence-electron chi connectivity index (χ3n) is 2.90. The van der Waals surface area contributed by atoms with Crippen LogP contribution in [0.4, 0.5) is 5.69 Å². The first kappa shape index (κ1) is 13.3. The minimum atomic E-state index is -3.45. The third kappa shape index (κ3) is 2.66. The van der Waals surface area contributed by atoms with Crippen LogP contribution < -0.4 is 5.73 Å². The van der Waals surface area contributed by atoms with Crippen molar-refractivity contribution in [1.82, 2.24) is 4.31 Å². The highest BCUT2D eigenvalue weighted by molar-refractivity contribution is 7.89. The van der Waals surface area contributed by atoms with Gasteiger partial charge in [-0.2, -0.15) is 4.31 Å². The Bertz CT molecular complexity index is 503. The van der Waals surface area contributed by atoms with E-state index in [2.05, 4.69) is 0 Å². The Kier molecular flexibility index (Phi) is 3.61. The molecule has 1 aromatic rings. The minimum Gasteiger partial charge on any atom is -0.399 e. The van der Waals surface area contributed by atoms with Crippen LogP contribution in [-0.4, -0.2) is 38.0 Å². The molecule has 2 rings (SSSR count). The number of hydrogen-bond acceptors (Lipinski definition) is 4. The van der Waals surface area contributed by atoms with Gasteiger partial charge in [0.05, 0.1) is 17.1 Å². The number of rotatable bonds is 2. The summed E-state index contributed by atoms with van der Waals surface area (Å²) in [5.41, 5.74) is 6.12. The maximum Gasteiger partial charge on any atom is 0.243 e. The molecule has 0 aromatic heterocycles. The smallest absolute Gasteiger partial charge is 0.243 e. The van der Waals surface area contributed by atoms with Gasteiger partial charge < -0.3 is 10.5 Å². The summed E-state index contributed by atoms with van der Waals surface area (Å²) in [5, 5.41) is 0. The molecule has 1 saturated heterocycles. The van der Waals surface area contributed by atoms with Crippen LogP contribution in [0.5, 0.6) is 0 Å². The highest BCUT2D eigenvalue weighted by Gasteiger charge is 2.31. The quantitative estimate of drug-likeness (QED) is 0.816. The summed E-state index contributed by atoms with van der Waals surface area (Å²) in [4.78, 5) is 0.276. The van der Waals surface area contributed by atoms with Crippen LogP contribution in [0.25, 0.3) is 0 Å². The van der Waals surface area contributed by atoms with E-state index in [0.717, 1.165) is 0 Å². The lowest BCUT2D eigenvalue weighted by atomic mass is 10.3. The van der Waals surface area contributed by atoms with Crippen molar-refractivity contribution in [3.8, 4) is 0 Å². The Morgan fingerprint density at radius 2 is 1.67 bits per heavy atom. The van der Waals surface area contributed by atoms with E-state index < -0.39 is 10.0 Å². The monoisotopic (exact) mass is 270 g/mol. The van der Waals surface area contributed by atoms with Crippen molar-refractivity contribution >= 4 is 15.7 Å². The first-order chi connectivity index (χ1) is 8.39. The SMILES string of the molecule is C[C@H]1CN(S(=O)(=O)c2ccc(N)cc2)C[C@H](C)O1. The van der Waals surface area contributed by atoms with Crippen LogP contribution in [-0.2, 0) is 14.8 Å². The minimum absolute atomic E-state index is 0.0858. The number of morpholine rings is 1. The fourth-order valence-electron chi connectivity index (χ4n) is 2.12. The summed E-state index contributed by atoms with van der Waals surface area (Å²) in [7, 11) is -3.45. The lowest BCUT2D eigenvalue weighted by molar-refractivity contribution is -0.0440. The van der Waals surface area contributed by atoms with E-state index in [-0.39, 0.29) is 17.1 Å². The van der Waals surface area contributed by atoms with E-state index in [1.165, 1.54) is 16.4 Å². The Balaban J connectivity index is 2.28. The van der Waals surface area contributed by atoms with E-state index in [1.807, 2.05) is 13.8 Å². The summed E-state index contributed by atoms with van der Waals surface area (Å²) in [6.45, 7) is 4.52. The van der Waals surface area contributed by atoms with Crippen molar-refractivity contribution < 1.29 is 13.2 Å². The average Bonchev–Trinajstić information content (AvgIpc) is 2.28. The molecule has 100 valence electrons. The van der Waals surface area contributed by atoms with Crippen molar-refractivity contribution in [3.63, 3.8) is 0 Å². The molecule has 0 radical (unpaired) electrons. The van der Waals surface area contributed by atoms with Gasteiger partial charge in [0.2, 0.25) is 10.0 Å². The van der Waals surface area contributed by atoms with E-state index in [1.54, 1.807) is 12.1 Å². The zero-order valence-corrected chi connectivity index (χ0v) is 11.4. The van der Waals surface area contributed by atoms with Gasteiger partial charge in [-0.1, -0.05) is 0 Å². The summed E-state index contributed by atoms with van der Waals surface area (Å²) >= 11 is 0. The van der Waals surface area contributed by atoms with Gasteiger partial charge in [0.1, 0.15) is 0 Å². The molecule has 0 unspecified atom stereocenters. The molecule has 1 heterocycles. The molecule has 5 nitrogen and oxygen atoms in total. The van der Waals surface area contributed by atoms with Crippen LogP contribution in [0.15, 0.2) is 29.2 Å². The predicted molar refractivity (Wildman–Crippen MR) is 69.6 cm³/mol. The summed E-state index contributed by atoms with van der Waals surface area (Å²) in [6.07, 6.45) is -0.172. The largest absolute Gasteiger partial charge is 0.399 e. The number of ether oxygens (including phenoxy) is 1. The topological polar surface area (TPSA) is 72.6 Å². The Hall–Kier alpha value is -1.11. The van der Waals surface area contributed by atoms with Crippen molar-refractivity contribution in [3.05, 3.63) is 24.3 Å². The molecular formula is C12H18N2O3S. The highest BCUT2D eigenvalue weighted by atomic mass is 32.2. The normalized spacial score (nSPS) is 26.1. The van der Waals surface area contributed by atoms with Gasteiger partial charge in [-0.3, -0.25) is 0 Å². The number of hydrogen-bond donors (Lipinski definition) is 1. The lowest BCUT2D eigenvalue weighted by Gasteiger charge is -2.34. The summed E-state index contributed by atoms with van der Waals surface area (Å²) in [6, 6.07) is 6.27. The van der Waals surface area contributed by atoms with Crippen molar-refractivity contribution in [2.75, 3.05) is 18.8 Å². The van der Waals surface area contributed by atoms with Crippen molar-refractivity contribution in [1.29, 1.82) is 0 Å². The molecule has 6 heteroatoms. The second kappa shape index (κ2) is 4.87. The van der Waals surface area contributed by atoms with Gasteiger partial charge in [-0.25, -0.2) is 8.42 Å². The molecule has 2 N–H and O–H groups in total. The van der Waals surface area contributed by atoms with Crippen molar-refractivity contribution in [2.45, 2.75) is 31.0 Å². The second-order valence-corrected chi connectivity index (χ2v) is 6.59. The van der Waals surface area contributed by atoms with E-state index in [0.29, 0.717) is 18.8 Å². The molecule has 0 spiro atoms. The van der Waals surface area contributed by atoms with Crippen LogP contribution in [0.2, 0.25) is 0 Å². The second-order valence-electron chi connectivity index (χ2n) is 4.65. The number of sulfonamides is 1. The molecule has 0 saturated carbocycles. The Morgan fingerprint density at radius 3 is 2.17 bits per heavy atom. The molecule has 1 aliphatic rings. The lowest BCUT2D eigenvalue weighted by Crippen LogP contribution is -2.48. The molecule has 2 atom stereocenters. The number of nitrogens with zero attached hydrogens (tertiary/aromatic N) is 1. The summed E-state index contributed by atoms with van der Waals surface area (Å²) in [5.74, 6) is 0. The van der Waals surface area contributed by atoms with Gasteiger partial charge in [-0.05, 0) is 38.1 Å². The summed E-state index contributed by atoms with van der Waals surface area (Å²) < 4.78 is 31.8. The van der Waals surface area contributed by atoms with Crippen molar-refractivity contribution in [2.24, 2.45) is 0 Å². The number of anilines is 1. The maximum absolute atomic E-state index is 12.4. The number of nitrogen functional groups attached to an aromatic ring is 1. The molecule has 1 aromatic carbocycles. The fourth-order valence-corrected chi connectivity index (χ4v) is 3.71. The first-order valence-electron chi connectivity index (χ1n) is 5.91. The Morgan fingerprint density at radius 1 is 1.17 bits per heavy atom. The predicted octanol–water partition coefficient (Wildman–Crippen LogP) is 1.07. The van der Waals surface area contributed by atoms with Gasteiger partial charge in [0.15, 0.2) is 0 Å². The number of nitrogens with two attached hydrogens (primary N) is 1. The molecule has 0 bridgehead atoms. The van der Waals surface area contributed by atoms with Gasteiger partial charge in [0, 0.05) is 18.8 Å². The fraction of sp³-hybridized carbons (Fsp3) is 0.500. The van der Waals surface area contributed by atoms with E-state index in [4.69, 9.17) is 10.5 Å². The third-order valence-corrected chi connectivity index (χ3v) is 4.75. The van der Waals surface area contributed by atoms with Crippen LogP contribution >= 0.6 is 0 Å². The van der Waals surface area contributed by atoms with Crippen LogP contribution in [0.1, 0.15) is 13.8 Å². The molecular weight excluding hydrogens is 252 g/mol. The van der Waals surface area contributed by atoms with E-state index in [9.17, 15) is 8.42 Å². The molecule has 0 amide bonds. The first-order valence-corrected chi connectivity index (χ1v) is 7.35. The number of benzene rings is 1. The molecule has 1 fully saturated rings.